The molecule has 0 amide bonds. The largest absolute Gasteiger partial charge is 0.481 e. The van der Waals surface area contributed by atoms with Crippen molar-refractivity contribution in [3.63, 3.8) is 0 Å². The molecule has 1 atom stereocenters. The van der Waals surface area contributed by atoms with Crippen molar-refractivity contribution in [1.29, 1.82) is 0 Å². The van der Waals surface area contributed by atoms with Gasteiger partial charge in [-0.3, -0.25) is 0 Å². The zero-order valence-corrected chi connectivity index (χ0v) is 11.4. The van der Waals surface area contributed by atoms with Crippen LogP contribution in [0.3, 0.4) is 0 Å². The molecule has 0 fully saturated rings. The van der Waals surface area contributed by atoms with E-state index in [9.17, 15) is 4.79 Å². The highest BCUT2D eigenvalue weighted by Gasteiger charge is 2.23. The zero-order valence-electron chi connectivity index (χ0n) is 11.4. The van der Waals surface area contributed by atoms with Gasteiger partial charge in [0.25, 0.3) is 0 Å². The maximum Gasteiger partial charge on any atom is 0.328 e. The lowest BCUT2D eigenvalue weighted by molar-refractivity contribution is -0.142. The van der Waals surface area contributed by atoms with Gasteiger partial charge in [0, 0.05) is 11.8 Å². The van der Waals surface area contributed by atoms with Crippen LogP contribution in [0, 0.1) is 12.8 Å². The van der Waals surface area contributed by atoms with Crippen molar-refractivity contribution in [3.05, 3.63) is 11.8 Å². The van der Waals surface area contributed by atoms with Crippen molar-refractivity contribution in [1.82, 2.24) is 9.97 Å². The molecule has 0 unspecified atom stereocenters. The van der Waals surface area contributed by atoms with Crippen molar-refractivity contribution in [3.8, 4) is 5.88 Å². The summed E-state index contributed by atoms with van der Waals surface area (Å²) >= 11 is 0. The van der Waals surface area contributed by atoms with Crippen molar-refractivity contribution in [2.45, 2.75) is 26.8 Å². The Morgan fingerprint density at radius 3 is 2.50 bits per heavy atom. The number of aryl methyl sites for hydroxylation is 1. The van der Waals surface area contributed by atoms with Gasteiger partial charge in [-0.05, 0) is 12.8 Å². The fourth-order valence-electron chi connectivity index (χ4n) is 1.47. The first kappa shape index (κ1) is 14.2. The molecular formula is C12H19N3O3. The smallest absolute Gasteiger partial charge is 0.328 e. The summed E-state index contributed by atoms with van der Waals surface area (Å²) in [6.07, 6.45) is 0. The first-order valence-electron chi connectivity index (χ1n) is 5.72. The second-order valence-electron chi connectivity index (χ2n) is 4.26. The molecule has 1 rings (SSSR count). The molecule has 0 aromatic carbocycles. The number of rotatable bonds is 5. The van der Waals surface area contributed by atoms with Gasteiger partial charge in [0.15, 0.2) is 0 Å². The fourth-order valence-corrected chi connectivity index (χ4v) is 1.47. The zero-order chi connectivity index (χ0) is 13.7. The maximum absolute atomic E-state index is 11.6. The average Bonchev–Trinajstić information content (AvgIpc) is 2.34. The predicted octanol–water partition coefficient (Wildman–Crippen LogP) is 1.40. The average molecular weight is 253 g/mol. The SMILES string of the molecule is COC(=O)[C@H](Nc1nc(C)cc(OC)n1)C(C)C. The van der Waals surface area contributed by atoms with Gasteiger partial charge in [-0.2, -0.15) is 4.98 Å². The van der Waals surface area contributed by atoms with E-state index >= 15 is 0 Å². The van der Waals surface area contributed by atoms with Crippen LogP contribution < -0.4 is 10.1 Å². The van der Waals surface area contributed by atoms with Crippen LogP contribution in [-0.2, 0) is 9.53 Å². The summed E-state index contributed by atoms with van der Waals surface area (Å²) in [5.74, 6) is 0.537. The molecule has 0 aliphatic carbocycles. The summed E-state index contributed by atoms with van der Waals surface area (Å²) in [7, 11) is 2.89. The van der Waals surface area contributed by atoms with Crippen molar-refractivity contribution in [2.24, 2.45) is 5.92 Å². The van der Waals surface area contributed by atoms with Crippen LogP contribution >= 0.6 is 0 Å². The summed E-state index contributed by atoms with van der Waals surface area (Å²) in [6.45, 7) is 5.67. The normalized spacial score (nSPS) is 12.1. The standard InChI is InChI=1S/C12H19N3O3/c1-7(2)10(11(16)18-5)15-12-13-8(3)6-9(14-12)17-4/h6-7,10H,1-5H3,(H,13,14,15)/t10-/m1/s1. The van der Waals surface area contributed by atoms with E-state index in [4.69, 9.17) is 9.47 Å². The van der Waals surface area contributed by atoms with Crippen LogP contribution in [-0.4, -0.2) is 36.2 Å². The Hall–Kier alpha value is -1.85. The Kier molecular flexibility index (Phi) is 4.88. The molecule has 1 aromatic heterocycles. The molecule has 0 saturated heterocycles. The third kappa shape index (κ3) is 3.58. The Bertz CT molecular complexity index is 421. The molecule has 18 heavy (non-hydrogen) atoms. The van der Waals surface area contributed by atoms with E-state index in [1.807, 2.05) is 20.8 Å². The number of ether oxygens (including phenoxy) is 2. The van der Waals surface area contributed by atoms with Gasteiger partial charge in [0.05, 0.1) is 14.2 Å². The Morgan fingerprint density at radius 1 is 1.33 bits per heavy atom. The lowest BCUT2D eigenvalue weighted by atomic mass is 10.1. The summed E-state index contributed by atoms with van der Waals surface area (Å²) in [5, 5.41) is 2.97. The topological polar surface area (TPSA) is 73.3 Å². The molecule has 6 heteroatoms. The minimum atomic E-state index is -0.485. The molecular weight excluding hydrogens is 234 g/mol. The lowest BCUT2D eigenvalue weighted by Crippen LogP contribution is -2.36. The van der Waals surface area contributed by atoms with Gasteiger partial charge >= 0.3 is 5.97 Å². The van der Waals surface area contributed by atoms with Gasteiger partial charge in [0.2, 0.25) is 11.8 Å². The molecule has 1 heterocycles. The molecule has 0 spiro atoms. The number of carbonyl (C=O) groups excluding carboxylic acids is 1. The van der Waals surface area contributed by atoms with Crippen LogP contribution in [0.5, 0.6) is 5.88 Å². The van der Waals surface area contributed by atoms with E-state index in [-0.39, 0.29) is 11.9 Å². The number of hydrogen-bond acceptors (Lipinski definition) is 6. The van der Waals surface area contributed by atoms with Crippen molar-refractivity contribution in [2.75, 3.05) is 19.5 Å². The molecule has 0 bridgehead atoms. The summed E-state index contributed by atoms with van der Waals surface area (Å²) in [6, 6.07) is 1.23. The quantitative estimate of drug-likeness (QED) is 0.800. The molecule has 1 aromatic rings. The van der Waals surface area contributed by atoms with Crippen LogP contribution in [0.25, 0.3) is 0 Å². The maximum atomic E-state index is 11.6. The Morgan fingerprint density at radius 2 is 2.00 bits per heavy atom. The predicted molar refractivity (Wildman–Crippen MR) is 67.6 cm³/mol. The van der Waals surface area contributed by atoms with Gasteiger partial charge < -0.3 is 14.8 Å². The van der Waals surface area contributed by atoms with Gasteiger partial charge in [-0.25, -0.2) is 9.78 Å². The fraction of sp³-hybridized carbons (Fsp3) is 0.583. The second-order valence-corrected chi connectivity index (χ2v) is 4.26. The molecule has 0 radical (unpaired) electrons. The summed E-state index contributed by atoms with van der Waals surface area (Å²) in [5.41, 5.74) is 0.761. The third-order valence-corrected chi connectivity index (χ3v) is 2.45. The van der Waals surface area contributed by atoms with E-state index in [1.54, 1.807) is 6.07 Å². The number of anilines is 1. The van der Waals surface area contributed by atoms with E-state index in [1.165, 1.54) is 14.2 Å². The highest BCUT2D eigenvalue weighted by Crippen LogP contribution is 2.14. The van der Waals surface area contributed by atoms with Gasteiger partial charge in [0.1, 0.15) is 6.04 Å². The number of aromatic nitrogens is 2. The minimum absolute atomic E-state index is 0.0626. The van der Waals surface area contributed by atoms with Crippen LogP contribution in [0.4, 0.5) is 5.95 Å². The first-order chi connectivity index (χ1) is 8.47. The van der Waals surface area contributed by atoms with E-state index < -0.39 is 6.04 Å². The summed E-state index contributed by atoms with van der Waals surface area (Å²) in [4.78, 5) is 20.0. The summed E-state index contributed by atoms with van der Waals surface area (Å²) < 4.78 is 9.80. The molecule has 0 aliphatic heterocycles. The van der Waals surface area contributed by atoms with Crippen LogP contribution in [0.1, 0.15) is 19.5 Å². The number of nitrogens with one attached hydrogen (secondary N) is 1. The van der Waals surface area contributed by atoms with Crippen molar-refractivity contribution < 1.29 is 14.3 Å². The van der Waals surface area contributed by atoms with Gasteiger partial charge in [-0.1, -0.05) is 13.8 Å². The minimum Gasteiger partial charge on any atom is -0.481 e. The number of carbonyl (C=O) groups is 1. The lowest BCUT2D eigenvalue weighted by Gasteiger charge is -2.20. The Balaban J connectivity index is 2.93. The molecule has 6 nitrogen and oxygen atoms in total. The highest BCUT2D eigenvalue weighted by atomic mass is 16.5. The van der Waals surface area contributed by atoms with Gasteiger partial charge in [-0.15, -0.1) is 0 Å². The monoisotopic (exact) mass is 253 g/mol. The van der Waals surface area contributed by atoms with Crippen molar-refractivity contribution >= 4 is 11.9 Å². The molecule has 0 saturated carbocycles. The van der Waals surface area contributed by atoms with E-state index in [0.717, 1.165) is 5.69 Å². The van der Waals surface area contributed by atoms with Crippen LogP contribution in [0.2, 0.25) is 0 Å². The molecule has 100 valence electrons. The number of methoxy groups -OCH3 is 2. The van der Waals surface area contributed by atoms with E-state index in [2.05, 4.69) is 15.3 Å². The van der Waals surface area contributed by atoms with E-state index in [0.29, 0.717) is 11.8 Å². The Labute approximate surface area is 107 Å². The molecule has 0 aliphatic rings. The molecule has 1 N–H and O–H groups in total. The highest BCUT2D eigenvalue weighted by molar-refractivity contribution is 5.78. The first-order valence-corrected chi connectivity index (χ1v) is 5.72. The van der Waals surface area contributed by atoms with Crippen LogP contribution in [0.15, 0.2) is 6.07 Å². The number of esters is 1. The second kappa shape index (κ2) is 6.18. The third-order valence-electron chi connectivity index (χ3n) is 2.45. The number of hydrogen-bond donors (Lipinski definition) is 1. The number of nitrogens with zero attached hydrogens (tertiary/aromatic N) is 2.